The van der Waals surface area contributed by atoms with E-state index in [0.717, 1.165) is 17.3 Å². The van der Waals surface area contributed by atoms with E-state index in [2.05, 4.69) is 15.2 Å². The van der Waals surface area contributed by atoms with Gasteiger partial charge in [0.2, 0.25) is 0 Å². The molecule has 96 valence electrons. The minimum absolute atomic E-state index is 0.540. The van der Waals surface area contributed by atoms with Crippen LogP contribution in [-0.4, -0.2) is 31.7 Å². The first-order valence-corrected chi connectivity index (χ1v) is 5.87. The highest BCUT2D eigenvalue weighted by Gasteiger charge is 2.08. The summed E-state index contributed by atoms with van der Waals surface area (Å²) in [6.07, 6.45) is 5.04. The van der Waals surface area contributed by atoms with Crippen molar-refractivity contribution in [2.75, 3.05) is 7.11 Å². The van der Waals surface area contributed by atoms with Gasteiger partial charge in [0.1, 0.15) is 12.9 Å². The Labute approximate surface area is 110 Å². The molecule has 0 saturated carbocycles. The topological polar surface area (TPSA) is 57.8 Å². The van der Waals surface area contributed by atoms with E-state index in [-0.39, 0.29) is 0 Å². The summed E-state index contributed by atoms with van der Waals surface area (Å²) in [7, 11) is 1.62. The van der Waals surface area contributed by atoms with E-state index in [1.54, 1.807) is 29.0 Å². The van der Waals surface area contributed by atoms with E-state index in [1.165, 1.54) is 0 Å². The maximum Gasteiger partial charge on any atom is 0.156 e. The molecule has 3 rings (SSSR count). The number of benzene rings is 1. The Morgan fingerprint density at radius 2 is 2.00 bits per heavy atom. The summed E-state index contributed by atoms with van der Waals surface area (Å²) in [6, 6.07) is 9.89. The molecule has 0 amide bonds. The van der Waals surface area contributed by atoms with Crippen LogP contribution >= 0.6 is 0 Å². The highest BCUT2D eigenvalue weighted by atomic mass is 16.5. The molecule has 0 saturated heterocycles. The van der Waals surface area contributed by atoms with E-state index < -0.39 is 0 Å². The van der Waals surface area contributed by atoms with Gasteiger partial charge < -0.3 is 4.74 Å². The van der Waals surface area contributed by atoms with Crippen molar-refractivity contribution in [2.45, 2.75) is 6.54 Å². The summed E-state index contributed by atoms with van der Waals surface area (Å²) in [5.41, 5.74) is 0.981. The minimum atomic E-state index is 0.540. The summed E-state index contributed by atoms with van der Waals surface area (Å²) < 4.78 is 8.67. The van der Waals surface area contributed by atoms with Gasteiger partial charge in [-0.2, -0.15) is 10.2 Å². The molecule has 2 aromatic heterocycles. The Morgan fingerprint density at radius 1 is 1.16 bits per heavy atom. The molecule has 0 aliphatic carbocycles. The zero-order valence-corrected chi connectivity index (χ0v) is 10.5. The molecule has 0 aliphatic rings. The molecule has 1 aromatic carbocycles. The molecule has 0 spiro atoms. The Morgan fingerprint density at radius 3 is 2.74 bits per heavy atom. The van der Waals surface area contributed by atoms with Gasteiger partial charge in [0.25, 0.3) is 0 Å². The first kappa shape index (κ1) is 11.5. The van der Waals surface area contributed by atoms with Crippen LogP contribution < -0.4 is 4.74 Å². The highest BCUT2D eigenvalue weighted by Crippen LogP contribution is 2.11. The predicted octanol–water partition coefficient (Wildman–Crippen LogP) is 1.52. The fourth-order valence-electron chi connectivity index (χ4n) is 1.84. The molecule has 6 heteroatoms. The highest BCUT2D eigenvalue weighted by molar-refractivity contribution is 5.30. The van der Waals surface area contributed by atoms with Crippen molar-refractivity contribution in [3.05, 3.63) is 54.9 Å². The second-order valence-electron chi connectivity index (χ2n) is 4.00. The van der Waals surface area contributed by atoms with E-state index >= 15 is 0 Å². The Balaban J connectivity index is 1.88. The standard InChI is InChI=1S/C13H13N5O/c1-19-12-7-15-17(8-12)9-13-14-10-16-18(13)11-5-3-2-4-6-11/h2-8,10H,9H2,1H3. The first-order valence-electron chi connectivity index (χ1n) is 5.87. The van der Waals surface area contributed by atoms with Crippen LogP contribution in [0.15, 0.2) is 49.1 Å². The summed E-state index contributed by atoms with van der Waals surface area (Å²) in [4.78, 5) is 4.27. The van der Waals surface area contributed by atoms with E-state index in [9.17, 15) is 0 Å². The maximum absolute atomic E-state index is 5.10. The molecule has 0 unspecified atom stereocenters. The van der Waals surface area contributed by atoms with Gasteiger partial charge in [0.05, 0.1) is 25.2 Å². The SMILES string of the molecule is COc1cnn(Cc2ncnn2-c2ccccc2)c1. The van der Waals surface area contributed by atoms with Crippen molar-refractivity contribution in [1.82, 2.24) is 24.5 Å². The Bertz CT molecular complexity index is 658. The van der Waals surface area contributed by atoms with Crippen molar-refractivity contribution < 1.29 is 4.74 Å². The maximum atomic E-state index is 5.10. The van der Waals surface area contributed by atoms with Crippen molar-refractivity contribution >= 4 is 0 Å². The van der Waals surface area contributed by atoms with Crippen molar-refractivity contribution in [3.63, 3.8) is 0 Å². The summed E-state index contributed by atoms with van der Waals surface area (Å²) in [6.45, 7) is 0.540. The number of para-hydroxylation sites is 1. The second-order valence-corrected chi connectivity index (χ2v) is 4.00. The van der Waals surface area contributed by atoms with E-state index in [4.69, 9.17) is 4.74 Å². The quantitative estimate of drug-likeness (QED) is 0.709. The Hall–Kier alpha value is -2.63. The molecule has 19 heavy (non-hydrogen) atoms. The molecule has 2 heterocycles. The normalized spacial score (nSPS) is 10.6. The number of methoxy groups -OCH3 is 1. The first-order chi connectivity index (χ1) is 9.36. The van der Waals surface area contributed by atoms with Gasteiger partial charge in [-0.3, -0.25) is 4.68 Å². The van der Waals surface area contributed by atoms with Crippen molar-refractivity contribution in [2.24, 2.45) is 0 Å². The molecule has 0 bridgehead atoms. The molecular weight excluding hydrogens is 242 g/mol. The van der Waals surface area contributed by atoms with Crippen LogP contribution in [0.2, 0.25) is 0 Å². The van der Waals surface area contributed by atoms with Crippen LogP contribution in [0.3, 0.4) is 0 Å². The zero-order chi connectivity index (χ0) is 13.1. The molecule has 0 atom stereocenters. The number of hydrogen-bond donors (Lipinski definition) is 0. The van der Waals surface area contributed by atoms with E-state index in [1.807, 2.05) is 36.5 Å². The van der Waals surface area contributed by atoms with Crippen molar-refractivity contribution in [1.29, 1.82) is 0 Å². The lowest BCUT2D eigenvalue weighted by Gasteiger charge is -2.05. The molecule has 3 aromatic rings. The summed E-state index contributed by atoms with van der Waals surface area (Å²) in [5, 5.41) is 8.45. The largest absolute Gasteiger partial charge is 0.493 e. The number of ether oxygens (including phenoxy) is 1. The lowest BCUT2D eigenvalue weighted by atomic mass is 10.3. The smallest absolute Gasteiger partial charge is 0.156 e. The average Bonchev–Trinajstić information content (AvgIpc) is 3.09. The lowest BCUT2D eigenvalue weighted by Crippen LogP contribution is -2.08. The van der Waals surface area contributed by atoms with Crippen LogP contribution in [-0.2, 0) is 6.54 Å². The molecule has 0 fully saturated rings. The van der Waals surface area contributed by atoms with Crippen molar-refractivity contribution in [3.8, 4) is 11.4 Å². The lowest BCUT2D eigenvalue weighted by molar-refractivity contribution is 0.414. The van der Waals surface area contributed by atoms with Crippen LogP contribution in [0.5, 0.6) is 5.75 Å². The molecule has 0 aliphatic heterocycles. The van der Waals surface area contributed by atoms with Gasteiger partial charge in [-0.1, -0.05) is 18.2 Å². The monoisotopic (exact) mass is 255 g/mol. The predicted molar refractivity (Wildman–Crippen MR) is 69.2 cm³/mol. The number of hydrogen-bond acceptors (Lipinski definition) is 4. The van der Waals surface area contributed by atoms with Gasteiger partial charge in [-0.05, 0) is 12.1 Å². The molecule has 0 N–H and O–H groups in total. The van der Waals surface area contributed by atoms with Crippen LogP contribution in [0.25, 0.3) is 5.69 Å². The number of nitrogens with zero attached hydrogens (tertiary/aromatic N) is 5. The molecule has 6 nitrogen and oxygen atoms in total. The zero-order valence-electron chi connectivity index (χ0n) is 10.5. The van der Waals surface area contributed by atoms with Gasteiger partial charge in [-0.25, -0.2) is 9.67 Å². The van der Waals surface area contributed by atoms with Crippen LogP contribution in [0, 0.1) is 0 Å². The van der Waals surface area contributed by atoms with Gasteiger partial charge in [-0.15, -0.1) is 0 Å². The Kier molecular flexibility index (Phi) is 2.97. The second kappa shape index (κ2) is 4.93. The summed E-state index contributed by atoms with van der Waals surface area (Å²) in [5.74, 6) is 1.54. The van der Waals surface area contributed by atoms with Gasteiger partial charge in [0, 0.05) is 0 Å². The number of aromatic nitrogens is 5. The van der Waals surface area contributed by atoms with E-state index in [0.29, 0.717) is 6.54 Å². The van der Waals surface area contributed by atoms with Gasteiger partial charge >= 0.3 is 0 Å². The van der Waals surface area contributed by atoms with Gasteiger partial charge in [0.15, 0.2) is 11.6 Å². The molecule has 0 radical (unpaired) electrons. The number of rotatable bonds is 4. The average molecular weight is 255 g/mol. The van der Waals surface area contributed by atoms with Crippen LogP contribution in [0.4, 0.5) is 0 Å². The third-order valence-electron chi connectivity index (χ3n) is 2.77. The summed E-state index contributed by atoms with van der Waals surface area (Å²) >= 11 is 0. The third-order valence-corrected chi connectivity index (χ3v) is 2.77. The minimum Gasteiger partial charge on any atom is -0.493 e. The fraction of sp³-hybridized carbons (Fsp3) is 0.154. The fourth-order valence-corrected chi connectivity index (χ4v) is 1.84. The third kappa shape index (κ3) is 2.33. The van der Waals surface area contributed by atoms with Crippen LogP contribution in [0.1, 0.15) is 5.82 Å². The molecular formula is C13H13N5O.